The highest BCUT2D eigenvalue weighted by Crippen LogP contribution is 2.40. The lowest BCUT2D eigenvalue weighted by atomic mass is 9.75. The van der Waals surface area contributed by atoms with E-state index in [9.17, 15) is 14.7 Å². The molecule has 1 unspecified atom stereocenters. The molecule has 0 radical (unpaired) electrons. The number of amides is 1. The molecule has 0 aromatic heterocycles. The van der Waals surface area contributed by atoms with Gasteiger partial charge in [-0.2, -0.15) is 0 Å². The van der Waals surface area contributed by atoms with Crippen molar-refractivity contribution in [3.8, 4) is 0 Å². The van der Waals surface area contributed by atoms with E-state index in [0.29, 0.717) is 25.9 Å². The highest BCUT2D eigenvalue weighted by molar-refractivity contribution is 5.80. The van der Waals surface area contributed by atoms with Gasteiger partial charge in [0.15, 0.2) is 0 Å². The van der Waals surface area contributed by atoms with Crippen LogP contribution >= 0.6 is 0 Å². The summed E-state index contributed by atoms with van der Waals surface area (Å²) < 4.78 is 10.2. The fraction of sp³-hybridized carbons (Fsp3) is 0.846. The quantitative estimate of drug-likeness (QED) is 0.663. The number of cyclic esters (lactones) is 1. The molecular weight excluding hydrogens is 250 g/mol. The van der Waals surface area contributed by atoms with Gasteiger partial charge < -0.3 is 19.5 Å². The van der Waals surface area contributed by atoms with Gasteiger partial charge in [0.2, 0.25) is 0 Å². The molecule has 2 saturated heterocycles. The van der Waals surface area contributed by atoms with E-state index >= 15 is 0 Å². The molecule has 1 amide bonds. The van der Waals surface area contributed by atoms with E-state index in [1.807, 2.05) is 20.8 Å². The molecule has 1 N–H and O–H groups in total. The van der Waals surface area contributed by atoms with E-state index in [-0.39, 0.29) is 18.7 Å². The van der Waals surface area contributed by atoms with Gasteiger partial charge in [0.05, 0.1) is 0 Å². The van der Waals surface area contributed by atoms with E-state index in [0.717, 1.165) is 0 Å². The number of carbonyl (C=O) groups is 2. The number of hydrogen-bond acceptors (Lipinski definition) is 5. The summed E-state index contributed by atoms with van der Waals surface area (Å²) in [5.74, 6) is -0.344. The summed E-state index contributed by atoms with van der Waals surface area (Å²) >= 11 is 0. The molecule has 2 rings (SSSR count). The summed E-state index contributed by atoms with van der Waals surface area (Å²) in [4.78, 5) is 25.2. The summed E-state index contributed by atoms with van der Waals surface area (Å²) in [6.07, 6.45) is -0.289. The smallest absolute Gasteiger partial charge is 0.410 e. The van der Waals surface area contributed by atoms with E-state index in [4.69, 9.17) is 9.47 Å². The maximum atomic E-state index is 11.9. The molecule has 0 saturated carbocycles. The maximum Gasteiger partial charge on any atom is 0.410 e. The Morgan fingerprint density at radius 2 is 2.00 bits per heavy atom. The zero-order valence-electron chi connectivity index (χ0n) is 11.6. The first kappa shape index (κ1) is 14.1. The Morgan fingerprint density at radius 3 is 2.42 bits per heavy atom. The van der Waals surface area contributed by atoms with Gasteiger partial charge in [0.25, 0.3) is 0 Å². The predicted molar refractivity (Wildman–Crippen MR) is 66.4 cm³/mol. The molecule has 6 nitrogen and oxygen atoms in total. The molecule has 1 atom stereocenters. The van der Waals surface area contributed by atoms with Gasteiger partial charge in [-0.15, -0.1) is 0 Å². The van der Waals surface area contributed by atoms with Crippen molar-refractivity contribution >= 4 is 12.1 Å². The molecule has 19 heavy (non-hydrogen) atoms. The number of piperidine rings is 1. The highest BCUT2D eigenvalue weighted by atomic mass is 16.6. The molecule has 2 aliphatic heterocycles. The lowest BCUT2D eigenvalue weighted by Crippen LogP contribution is -2.50. The second-order valence-electron chi connectivity index (χ2n) is 6.24. The van der Waals surface area contributed by atoms with Crippen LogP contribution in [0, 0.1) is 5.41 Å². The number of aliphatic hydroxyl groups excluding tert-OH is 1. The first-order valence-corrected chi connectivity index (χ1v) is 6.58. The van der Waals surface area contributed by atoms with Gasteiger partial charge in [-0.1, -0.05) is 0 Å². The summed E-state index contributed by atoms with van der Waals surface area (Å²) in [6.45, 7) is 6.31. The van der Waals surface area contributed by atoms with Crippen molar-refractivity contribution in [2.24, 2.45) is 5.41 Å². The molecule has 2 fully saturated rings. The molecule has 0 bridgehead atoms. The van der Waals surface area contributed by atoms with Crippen molar-refractivity contribution in [3.63, 3.8) is 0 Å². The number of hydrogen-bond donors (Lipinski definition) is 1. The van der Waals surface area contributed by atoms with E-state index in [1.165, 1.54) is 0 Å². The van der Waals surface area contributed by atoms with Crippen LogP contribution in [-0.4, -0.2) is 53.5 Å². The predicted octanol–water partition coefficient (Wildman–Crippen LogP) is 0.921. The molecule has 0 aromatic rings. The number of ether oxygens (including phenoxy) is 2. The van der Waals surface area contributed by atoms with Gasteiger partial charge in [0.1, 0.15) is 23.7 Å². The monoisotopic (exact) mass is 271 g/mol. The standard InChI is InChI=1S/C13H21NO5/c1-12(2,3)19-11(17)14-6-4-13(5-7-14)9(15)8-18-10(13)16/h9,15H,4-8H2,1-3H3. The van der Waals surface area contributed by atoms with Crippen LogP contribution in [0.25, 0.3) is 0 Å². The molecule has 6 heteroatoms. The molecule has 1 spiro atoms. The largest absolute Gasteiger partial charge is 0.462 e. The van der Waals surface area contributed by atoms with Gasteiger partial charge in [-0.3, -0.25) is 4.79 Å². The first-order valence-electron chi connectivity index (χ1n) is 6.58. The minimum atomic E-state index is -0.821. The Labute approximate surface area is 112 Å². The average Bonchev–Trinajstić information content (AvgIpc) is 2.57. The third-order valence-corrected chi connectivity index (χ3v) is 3.72. The molecule has 0 aliphatic carbocycles. The van der Waals surface area contributed by atoms with Crippen molar-refractivity contribution in [1.82, 2.24) is 4.90 Å². The number of likely N-dealkylation sites (tertiary alicyclic amines) is 1. The van der Waals surface area contributed by atoms with Crippen LogP contribution in [0.3, 0.4) is 0 Å². The Bertz CT molecular complexity index is 379. The second-order valence-corrected chi connectivity index (χ2v) is 6.24. The Morgan fingerprint density at radius 1 is 1.42 bits per heavy atom. The van der Waals surface area contributed by atoms with Crippen LogP contribution in [0.2, 0.25) is 0 Å². The lowest BCUT2D eigenvalue weighted by Gasteiger charge is -2.38. The number of esters is 1. The van der Waals surface area contributed by atoms with Gasteiger partial charge in [-0.05, 0) is 33.6 Å². The Hall–Kier alpha value is -1.30. The molecule has 108 valence electrons. The first-order chi connectivity index (χ1) is 8.74. The third-order valence-electron chi connectivity index (χ3n) is 3.72. The number of nitrogens with zero attached hydrogens (tertiary/aromatic N) is 1. The fourth-order valence-corrected chi connectivity index (χ4v) is 2.55. The van der Waals surface area contributed by atoms with Crippen LogP contribution < -0.4 is 0 Å². The van der Waals surface area contributed by atoms with Crippen LogP contribution in [0.1, 0.15) is 33.6 Å². The number of rotatable bonds is 0. The molecule has 0 aromatic carbocycles. The van der Waals surface area contributed by atoms with Crippen molar-refractivity contribution in [1.29, 1.82) is 0 Å². The van der Waals surface area contributed by atoms with E-state index in [2.05, 4.69) is 0 Å². The summed E-state index contributed by atoms with van der Waals surface area (Å²) in [5, 5.41) is 9.91. The average molecular weight is 271 g/mol. The van der Waals surface area contributed by atoms with Crippen LogP contribution in [0.5, 0.6) is 0 Å². The zero-order chi connectivity index (χ0) is 14.3. The van der Waals surface area contributed by atoms with Crippen molar-refractivity contribution < 1.29 is 24.2 Å². The highest BCUT2D eigenvalue weighted by Gasteiger charge is 2.53. The number of aliphatic hydroxyl groups is 1. The van der Waals surface area contributed by atoms with E-state index < -0.39 is 17.1 Å². The van der Waals surface area contributed by atoms with Crippen molar-refractivity contribution in [3.05, 3.63) is 0 Å². The lowest BCUT2D eigenvalue weighted by molar-refractivity contribution is -0.149. The molecular formula is C13H21NO5. The second kappa shape index (κ2) is 4.67. The topological polar surface area (TPSA) is 76.1 Å². The van der Waals surface area contributed by atoms with Crippen LogP contribution in [0.15, 0.2) is 0 Å². The van der Waals surface area contributed by atoms with Crippen LogP contribution in [-0.2, 0) is 14.3 Å². The summed E-state index contributed by atoms with van der Waals surface area (Å²) in [7, 11) is 0. The normalized spacial score (nSPS) is 26.4. The Kier molecular flexibility index (Phi) is 3.47. The maximum absolute atomic E-state index is 11.9. The summed E-state index contributed by atoms with van der Waals surface area (Å²) in [6, 6.07) is 0. The Balaban J connectivity index is 1.96. The minimum Gasteiger partial charge on any atom is -0.462 e. The molecule has 2 aliphatic rings. The SMILES string of the molecule is CC(C)(C)OC(=O)N1CCC2(CC1)C(=O)OCC2O. The number of carbonyl (C=O) groups excluding carboxylic acids is 2. The third kappa shape index (κ3) is 2.68. The van der Waals surface area contributed by atoms with Gasteiger partial charge >= 0.3 is 12.1 Å². The minimum absolute atomic E-state index is 0.0608. The van der Waals surface area contributed by atoms with Gasteiger partial charge in [-0.25, -0.2) is 4.79 Å². The van der Waals surface area contributed by atoms with E-state index in [1.54, 1.807) is 4.90 Å². The van der Waals surface area contributed by atoms with Crippen LogP contribution in [0.4, 0.5) is 4.79 Å². The van der Waals surface area contributed by atoms with Crippen molar-refractivity contribution in [2.75, 3.05) is 19.7 Å². The zero-order valence-corrected chi connectivity index (χ0v) is 11.6. The fourth-order valence-electron chi connectivity index (χ4n) is 2.55. The van der Waals surface area contributed by atoms with Crippen molar-refractivity contribution in [2.45, 2.75) is 45.3 Å². The van der Waals surface area contributed by atoms with Gasteiger partial charge in [0, 0.05) is 13.1 Å². The summed E-state index contributed by atoms with van der Waals surface area (Å²) in [5.41, 5.74) is -1.35. The molecule has 2 heterocycles.